The summed E-state index contributed by atoms with van der Waals surface area (Å²) in [6.45, 7) is 3.53. The molecule has 0 saturated carbocycles. The number of hydrogen-bond donors (Lipinski definition) is 2. The maximum absolute atomic E-state index is 12.5. The fraction of sp³-hybridized carbons (Fsp3) is 0.450. The van der Waals surface area contributed by atoms with Crippen LogP contribution in [0.1, 0.15) is 17.4 Å². The summed E-state index contributed by atoms with van der Waals surface area (Å²) in [5.41, 5.74) is 0.941. The third kappa shape index (κ3) is 4.42. The number of ether oxygens (including phenoxy) is 3. The van der Waals surface area contributed by atoms with Crippen molar-refractivity contribution < 1.29 is 28.6 Å². The number of benzene rings is 1. The van der Waals surface area contributed by atoms with E-state index in [1.807, 2.05) is 0 Å². The summed E-state index contributed by atoms with van der Waals surface area (Å²) in [6.07, 6.45) is -0.373. The van der Waals surface area contributed by atoms with Gasteiger partial charge in [-0.2, -0.15) is 0 Å². The van der Waals surface area contributed by atoms with Crippen LogP contribution in [-0.4, -0.2) is 86.2 Å². The molecule has 1 fully saturated rings. The van der Waals surface area contributed by atoms with Gasteiger partial charge in [-0.1, -0.05) is 0 Å². The first-order valence-corrected chi connectivity index (χ1v) is 9.69. The van der Waals surface area contributed by atoms with Gasteiger partial charge in [0, 0.05) is 31.6 Å². The SMILES string of the molecule is CCOC(=O)N1CCN(C(=O)CNC(=O)c2cc3c(OC)ccc(OC)c3[nH]2)CC1. The van der Waals surface area contributed by atoms with Gasteiger partial charge in [-0.05, 0) is 25.1 Å². The van der Waals surface area contributed by atoms with Crippen molar-refractivity contribution in [2.75, 3.05) is 53.6 Å². The standard InChI is InChI=1S/C20H26N4O6/c1-4-30-20(27)24-9-7-23(8-10-24)17(25)12-21-19(26)14-11-13-15(28-2)5-6-16(29-3)18(13)22-14/h5-6,11,22H,4,7-10,12H2,1-3H3,(H,21,26). The molecule has 0 atom stereocenters. The summed E-state index contributed by atoms with van der Waals surface area (Å²) in [7, 11) is 3.09. The molecule has 0 bridgehead atoms. The van der Waals surface area contributed by atoms with Crippen LogP contribution in [-0.2, 0) is 9.53 Å². The summed E-state index contributed by atoms with van der Waals surface area (Å²) in [5.74, 6) is 0.573. The van der Waals surface area contributed by atoms with Crippen molar-refractivity contribution in [3.63, 3.8) is 0 Å². The van der Waals surface area contributed by atoms with Crippen molar-refractivity contribution in [1.29, 1.82) is 0 Å². The number of nitrogens with zero attached hydrogens (tertiary/aromatic N) is 2. The van der Waals surface area contributed by atoms with Crippen molar-refractivity contribution in [1.82, 2.24) is 20.1 Å². The van der Waals surface area contributed by atoms with E-state index >= 15 is 0 Å². The van der Waals surface area contributed by atoms with Gasteiger partial charge in [-0.3, -0.25) is 9.59 Å². The summed E-state index contributed by atoms with van der Waals surface area (Å²) in [6, 6.07) is 5.17. The molecule has 2 heterocycles. The van der Waals surface area contributed by atoms with E-state index in [0.29, 0.717) is 60.9 Å². The van der Waals surface area contributed by atoms with E-state index in [-0.39, 0.29) is 18.5 Å². The second-order valence-electron chi connectivity index (χ2n) is 6.69. The number of fused-ring (bicyclic) bond motifs is 1. The predicted molar refractivity (Wildman–Crippen MR) is 109 cm³/mol. The lowest BCUT2D eigenvalue weighted by atomic mass is 10.2. The number of methoxy groups -OCH3 is 2. The topological polar surface area (TPSA) is 113 Å². The lowest BCUT2D eigenvalue weighted by molar-refractivity contribution is -0.131. The van der Waals surface area contributed by atoms with Gasteiger partial charge in [0.25, 0.3) is 5.91 Å². The van der Waals surface area contributed by atoms with Gasteiger partial charge in [0.15, 0.2) is 0 Å². The lowest BCUT2D eigenvalue weighted by Gasteiger charge is -2.34. The van der Waals surface area contributed by atoms with Crippen LogP contribution >= 0.6 is 0 Å². The smallest absolute Gasteiger partial charge is 0.409 e. The molecule has 162 valence electrons. The number of hydrogen-bond acceptors (Lipinski definition) is 6. The molecule has 1 aromatic carbocycles. The highest BCUT2D eigenvalue weighted by Crippen LogP contribution is 2.33. The Morgan fingerprint density at radius 1 is 1.03 bits per heavy atom. The monoisotopic (exact) mass is 418 g/mol. The molecular formula is C20H26N4O6. The normalized spacial score (nSPS) is 13.8. The predicted octanol–water partition coefficient (Wildman–Crippen LogP) is 1.22. The van der Waals surface area contributed by atoms with E-state index < -0.39 is 5.91 Å². The third-order valence-corrected chi connectivity index (χ3v) is 4.96. The second kappa shape index (κ2) is 9.38. The lowest BCUT2D eigenvalue weighted by Crippen LogP contribution is -2.52. The molecule has 0 spiro atoms. The molecule has 1 aromatic heterocycles. The highest BCUT2D eigenvalue weighted by atomic mass is 16.6. The van der Waals surface area contributed by atoms with E-state index in [1.54, 1.807) is 49.1 Å². The van der Waals surface area contributed by atoms with Gasteiger partial charge in [0.1, 0.15) is 17.2 Å². The van der Waals surface area contributed by atoms with Crippen LogP contribution in [0.2, 0.25) is 0 Å². The van der Waals surface area contributed by atoms with Crippen molar-refractivity contribution in [2.24, 2.45) is 0 Å². The molecule has 10 nitrogen and oxygen atoms in total. The Labute approximate surface area is 174 Å². The van der Waals surface area contributed by atoms with E-state index in [0.717, 1.165) is 0 Å². The molecule has 1 aliphatic rings. The molecule has 2 aromatic rings. The zero-order valence-corrected chi connectivity index (χ0v) is 17.3. The zero-order chi connectivity index (χ0) is 21.7. The first-order chi connectivity index (χ1) is 14.5. The maximum Gasteiger partial charge on any atom is 0.409 e. The van der Waals surface area contributed by atoms with E-state index in [4.69, 9.17) is 14.2 Å². The van der Waals surface area contributed by atoms with Gasteiger partial charge < -0.3 is 34.3 Å². The van der Waals surface area contributed by atoms with Crippen LogP contribution in [0, 0.1) is 0 Å². The van der Waals surface area contributed by atoms with E-state index in [9.17, 15) is 14.4 Å². The number of rotatable bonds is 6. The minimum Gasteiger partial charge on any atom is -0.496 e. The van der Waals surface area contributed by atoms with Crippen LogP contribution < -0.4 is 14.8 Å². The Hall–Kier alpha value is -3.43. The molecule has 10 heteroatoms. The number of aromatic amines is 1. The minimum absolute atomic E-state index is 0.137. The van der Waals surface area contributed by atoms with Gasteiger partial charge in [0.05, 0.1) is 32.9 Å². The van der Waals surface area contributed by atoms with Crippen molar-refractivity contribution in [2.45, 2.75) is 6.92 Å². The summed E-state index contributed by atoms with van der Waals surface area (Å²) < 4.78 is 15.6. The largest absolute Gasteiger partial charge is 0.496 e. The zero-order valence-electron chi connectivity index (χ0n) is 17.3. The van der Waals surface area contributed by atoms with Crippen LogP contribution in [0.3, 0.4) is 0 Å². The Morgan fingerprint density at radius 3 is 2.30 bits per heavy atom. The second-order valence-corrected chi connectivity index (χ2v) is 6.69. The minimum atomic E-state index is -0.409. The molecular weight excluding hydrogens is 392 g/mol. The number of carbonyl (C=O) groups is 3. The molecule has 1 aliphatic heterocycles. The van der Waals surface area contributed by atoms with Gasteiger partial charge in [-0.15, -0.1) is 0 Å². The van der Waals surface area contributed by atoms with Crippen molar-refractivity contribution in [3.8, 4) is 11.5 Å². The fourth-order valence-corrected chi connectivity index (χ4v) is 3.35. The summed E-state index contributed by atoms with van der Waals surface area (Å²) >= 11 is 0. The average Bonchev–Trinajstić information content (AvgIpc) is 3.22. The first kappa shape index (κ1) is 21.3. The Balaban J connectivity index is 1.58. The number of piperazine rings is 1. The van der Waals surface area contributed by atoms with Crippen LogP contribution in [0.5, 0.6) is 11.5 Å². The Morgan fingerprint density at radius 2 is 1.67 bits per heavy atom. The molecule has 1 saturated heterocycles. The summed E-state index contributed by atoms with van der Waals surface area (Å²) in [4.78, 5) is 42.9. The maximum atomic E-state index is 12.5. The fourth-order valence-electron chi connectivity index (χ4n) is 3.35. The number of aromatic nitrogens is 1. The average molecular weight is 418 g/mol. The summed E-state index contributed by atoms with van der Waals surface area (Å²) in [5, 5.41) is 3.35. The van der Waals surface area contributed by atoms with E-state index in [1.165, 1.54) is 0 Å². The van der Waals surface area contributed by atoms with Gasteiger partial charge in [-0.25, -0.2) is 4.79 Å². The number of nitrogens with one attached hydrogen (secondary N) is 2. The molecule has 0 radical (unpaired) electrons. The molecule has 2 N–H and O–H groups in total. The highest BCUT2D eigenvalue weighted by molar-refractivity contribution is 6.02. The molecule has 0 aliphatic carbocycles. The quantitative estimate of drug-likeness (QED) is 0.729. The molecule has 3 amide bonds. The molecule has 3 rings (SSSR count). The van der Waals surface area contributed by atoms with E-state index in [2.05, 4.69) is 10.3 Å². The van der Waals surface area contributed by atoms with Crippen LogP contribution in [0.25, 0.3) is 10.9 Å². The molecule has 0 unspecified atom stereocenters. The first-order valence-electron chi connectivity index (χ1n) is 9.69. The third-order valence-electron chi connectivity index (χ3n) is 4.96. The van der Waals surface area contributed by atoms with Gasteiger partial charge >= 0.3 is 6.09 Å². The van der Waals surface area contributed by atoms with Crippen molar-refractivity contribution in [3.05, 3.63) is 23.9 Å². The van der Waals surface area contributed by atoms with Gasteiger partial charge in [0.2, 0.25) is 5.91 Å². The Bertz CT molecular complexity index is 892. The molecule has 30 heavy (non-hydrogen) atoms. The van der Waals surface area contributed by atoms with Crippen molar-refractivity contribution >= 4 is 28.8 Å². The number of amides is 3. The number of H-pyrrole nitrogens is 1. The van der Waals surface area contributed by atoms with Crippen LogP contribution in [0.4, 0.5) is 4.79 Å². The number of carbonyl (C=O) groups excluding carboxylic acids is 3. The highest BCUT2D eigenvalue weighted by Gasteiger charge is 2.25. The van der Waals surface area contributed by atoms with Crippen LogP contribution in [0.15, 0.2) is 18.2 Å². The Kier molecular flexibility index (Phi) is 6.65.